The number of carbonyl (C=O) groups excluding carboxylic acids is 2. The van der Waals surface area contributed by atoms with Gasteiger partial charge in [-0.25, -0.2) is 0 Å². The molecular formula is C15H26O4. The van der Waals surface area contributed by atoms with E-state index in [-0.39, 0.29) is 24.8 Å². The lowest BCUT2D eigenvalue weighted by Crippen LogP contribution is -2.11. The predicted molar refractivity (Wildman–Crippen MR) is 74.7 cm³/mol. The smallest absolute Gasteiger partial charge is 0.306 e. The molecule has 0 saturated heterocycles. The molecule has 4 heteroatoms. The van der Waals surface area contributed by atoms with Crippen molar-refractivity contribution in [2.45, 2.75) is 52.9 Å². The number of hydrogen-bond acceptors (Lipinski definition) is 4. The van der Waals surface area contributed by atoms with Gasteiger partial charge in [-0.15, -0.1) is 6.58 Å². The molecule has 0 aromatic rings. The molecule has 0 unspecified atom stereocenters. The van der Waals surface area contributed by atoms with Crippen LogP contribution in [0.25, 0.3) is 0 Å². The lowest BCUT2D eigenvalue weighted by atomic mass is 10.1. The van der Waals surface area contributed by atoms with Crippen LogP contribution in [-0.4, -0.2) is 25.2 Å². The molecular weight excluding hydrogens is 244 g/mol. The first-order valence-electron chi connectivity index (χ1n) is 6.87. The van der Waals surface area contributed by atoms with Gasteiger partial charge in [0.15, 0.2) is 0 Å². The quantitative estimate of drug-likeness (QED) is 0.347. The number of rotatable bonds is 10. The average molecular weight is 270 g/mol. The van der Waals surface area contributed by atoms with Crippen LogP contribution in [0.1, 0.15) is 52.9 Å². The fourth-order valence-electron chi connectivity index (χ4n) is 1.37. The van der Waals surface area contributed by atoms with E-state index in [0.717, 1.165) is 18.4 Å². The molecule has 0 amide bonds. The zero-order valence-corrected chi connectivity index (χ0v) is 12.4. The molecule has 0 aliphatic heterocycles. The lowest BCUT2D eigenvalue weighted by molar-refractivity contribution is -0.150. The third kappa shape index (κ3) is 12.9. The molecule has 0 bridgehead atoms. The Morgan fingerprint density at radius 2 is 1.53 bits per heavy atom. The lowest BCUT2D eigenvalue weighted by Gasteiger charge is -2.07. The fourth-order valence-corrected chi connectivity index (χ4v) is 1.37. The number of carbonyl (C=O) groups is 2. The molecule has 0 N–H and O–H groups in total. The summed E-state index contributed by atoms with van der Waals surface area (Å²) >= 11 is 0. The highest BCUT2D eigenvalue weighted by Gasteiger charge is 2.09. The number of esters is 2. The minimum absolute atomic E-state index is 0.0825. The van der Waals surface area contributed by atoms with Gasteiger partial charge in [-0.3, -0.25) is 9.59 Å². The molecule has 110 valence electrons. The van der Waals surface area contributed by atoms with Crippen molar-refractivity contribution in [2.24, 2.45) is 5.92 Å². The maximum absolute atomic E-state index is 11.3. The molecule has 0 heterocycles. The molecule has 0 saturated carbocycles. The van der Waals surface area contributed by atoms with Crippen molar-refractivity contribution >= 4 is 11.9 Å². The van der Waals surface area contributed by atoms with Crippen LogP contribution in [0.5, 0.6) is 0 Å². The van der Waals surface area contributed by atoms with E-state index >= 15 is 0 Å². The molecule has 4 nitrogen and oxygen atoms in total. The number of hydrogen-bond donors (Lipinski definition) is 0. The monoisotopic (exact) mass is 270 g/mol. The zero-order valence-electron chi connectivity index (χ0n) is 12.4. The SMILES string of the molecule is C=C(C)CCOC(=O)CCC(=O)OCCCC(C)C. The summed E-state index contributed by atoms with van der Waals surface area (Å²) in [6.07, 6.45) is 2.74. The maximum atomic E-state index is 11.3. The molecule has 0 aromatic heterocycles. The summed E-state index contributed by atoms with van der Waals surface area (Å²) in [5.74, 6) is -0.0806. The first kappa shape index (κ1) is 17.7. The van der Waals surface area contributed by atoms with Crippen molar-refractivity contribution in [2.75, 3.05) is 13.2 Å². The molecule has 19 heavy (non-hydrogen) atoms. The summed E-state index contributed by atoms with van der Waals surface area (Å²) in [5.41, 5.74) is 0.970. The van der Waals surface area contributed by atoms with E-state index in [1.54, 1.807) is 0 Å². The van der Waals surface area contributed by atoms with Gasteiger partial charge in [-0.1, -0.05) is 19.4 Å². The Bertz CT molecular complexity index is 295. The van der Waals surface area contributed by atoms with E-state index in [1.165, 1.54) is 0 Å². The average Bonchev–Trinajstić information content (AvgIpc) is 2.31. The van der Waals surface area contributed by atoms with Crippen LogP contribution in [0, 0.1) is 5.92 Å². The van der Waals surface area contributed by atoms with Crippen LogP contribution in [-0.2, 0) is 19.1 Å². The zero-order chi connectivity index (χ0) is 14.7. The van der Waals surface area contributed by atoms with Gasteiger partial charge in [0.25, 0.3) is 0 Å². The van der Waals surface area contributed by atoms with Crippen LogP contribution in [0.4, 0.5) is 0 Å². The Morgan fingerprint density at radius 1 is 1.00 bits per heavy atom. The van der Waals surface area contributed by atoms with E-state index in [1.807, 2.05) is 6.92 Å². The van der Waals surface area contributed by atoms with Crippen molar-refractivity contribution in [3.05, 3.63) is 12.2 Å². The summed E-state index contributed by atoms with van der Waals surface area (Å²) in [6.45, 7) is 10.6. The second-order valence-electron chi connectivity index (χ2n) is 5.18. The summed E-state index contributed by atoms with van der Waals surface area (Å²) in [7, 11) is 0. The Morgan fingerprint density at radius 3 is 2.00 bits per heavy atom. The molecule has 0 fully saturated rings. The van der Waals surface area contributed by atoms with Gasteiger partial charge in [0.2, 0.25) is 0 Å². The molecule has 0 radical (unpaired) electrons. The largest absolute Gasteiger partial charge is 0.466 e. The van der Waals surface area contributed by atoms with Crippen LogP contribution < -0.4 is 0 Å². The Labute approximate surface area is 116 Å². The van der Waals surface area contributed by atoms with Crippen LogP contribution in [0.15, 0.2) is 12.2 Å². The second kappa shape index (κ2) is 10.6. The highest BCUT2D eigenvalue weighted by atomic mass is 16.5. The molecule has 0 aliphatic rings. The summed E-state index contributed by atoms with van der Waals surface area (Å²) < 4.78 is 9.98. The normalized spacial score (nSPS) is 10.3. The predicted octanol–water partition coefficient (Wildman–Crippen LogP) is 3.26. The van der Waals surface area contributed by atoms with Gasteiger partial charge in [0, 0.05) is 6.42 Å². The van der Waals surface area contributed by atoms with Gasteiger partial charge in [-0.05, 0) is 25.7 Å². The van der Waals surface area contributed by atoms with Crippen molar-refractivity contribution < 1.29 is 19.1 Å². The minimum Gasteiger partial charge on any atom is -0.466 e. The molecule has 0 rings (SSSR count). The van der Waals surface area contributed by atoms with Crippen molar-refractivity contribution in [1.29, 1.82) is 0 Å². The summed E-state index contributed by atoms with van der Waals surface area (Å²) in [5, 5.41) is 0. The fraction of sp³-hybridized carbons (Fsp3) is 0.733. The third-order valence-electron chi connectivity index (χ3n) is 2.51. The molecule has 0 atom stereocenters. The molecule has 0 aliphatic carbocycles. The second-order valence-corrected chi connectivity index (χ2v) is 5.18. The van der Waals surface area contributed by atoms with Crippen molar-refractivity contribution in [1.82, 2.24) is 0 Å². The topological polar surface area (TPSA) is 52.6 Å². The molecule has 0 aromatic carbocycles. The molecule has 0 spiro atoms. The van der Waals surface area contributed by atoms with Crippen molar-refractivity contribution in [3.8, 4) is 0 Å². The van der Waals surface area contributed by atoms with Gasteiger partial charge in [0.05, 0.1) is 26.1 Å². The minimum atomic E-state index is -0.361. The van der Waals surface area contributed by atoms with E-state index < -0.39 is 0 Å². The Hall–Kier alpha value is -1.32. The first-order chi connectivity index (χ1) is 8.91. The van der Waals surface area contributed by atoms with Crippen molar-refractivity contribution in [3.63, 3.8) is 0 Å². The Balaban J connectivity index is 3.50. The summed E-state index contributed by atoms with van der Waals surface area (Å²) in [4.78, 5) is 22.6. The summed E-state index contributed by atoms with van der Waals surface area (Å²) in [6, 6.07) is 0. The first-order valence-corrected chi connectivity index (χ1v) is 6.87. The van der Waals surface area contributed by atoms with Crippen LogP contribution >= 0.6 is 0 Å². The van der Waals surface area contributed by atoms with E-state index in [9.17, 15) is 9.59 Å². The third-order valence-corrected chi connectivity index (χ3v) is 2.51. The number of ether oxygens (including phenoxy) is 2. The highest BCUT2D eigenvalue weighted by molar-refractivity contribution is 5.77. The van der Waals surface area contributed by atoms with Gasteiger partial charge in [0.1, 0.15) is 0 Å². The van der Waals surface area contributed by atoms with E-state index in [2.05, 4.69) is 20.4 Å². The highest BCUT2D eigenvalue weighted by Crippen LogP contribution is 2.04. The van der Waals surface area contributed by atoms with Crippen LogP contribution in [0.2, 0.25) is 0 Å². The van der Waals surface area contributed by atoms with Gasteiger partial charge in [-0.2, -0.15) is 0 Å². The van der Waals surface area contributed by atoms with E-state index in [4.69, 9.17) is 9.47 Å². The standard InChI is InChI=1S/C15H26O4/c1-12(2)6-5-10-18-14(16)7-8-15(17)19-11-9-13(3)4/h12H,3,5-11H2,1-2,4H3. The maximum Gasteiger partial charge on any atom is 0.306 e. The van der Waals surface area contributed by atoms with Crippen LogP contribution in [0.3, 0.4) is 0 Å². The van der Waals surface area contributed by atoms with E-state index in [0.29, 0.717) is 25.6 Å². The Kier molecular flexibility index (Phi) is 9.85. The van der Waals surface area contributed by atoms with Gasteiger partial charge >= 0.3 is 11.9 Å². The van der Waals surface area contributed by atoms with Gasteiger partial charge < -0.3 is 9.47 Å².